The van der Waals surface area contributed by atoms with E-state index in [0.29, 0.717) is 12.0 Å². The quantitative estimate of drug-likeness (QED) is 0.800. The highest BCUT2D eigenvalue weighted by molar-refractivity contribution is 5.17. The normalized spacial score (nSPS) is 20.3. The molecular formula is C17H30N2O2. The Morgan fingerprint density at radius 3 is 3.10 bits per heavy atom. The van der Waals surface area contributed by atoms with Crippen molar-refractivity contribution < 1.29 is 9.15 Å². The molecule has 0 aliphatic carbocycles. The third-order valence-electron chi connectivity index (χ3n) is 3.94. The second-order valence-corrected chi connectivity index (χ2v) is 6.35. The van der Waals surface area contributed by atoms with Crippen LogP contribution in [0.1, 0.15) is 44.9 Å². The van der Waals surface area contributed by atoms with Gasteiger partial charge < -0.3 is 14.5 Å². The van der Waals surface area contributed by atoms with Crippen LogP contribution in [0.3, 0.4) is 0 Å². The molecule has 0 amide bonds. The number of nitrogens with zero attached hydrogens (tertiary/aromatic N) is 1. The summed E-state index contributed by atoms with van der Waals surface area (Å²) in [5, 5.41) is 3.49. The summed E-state index contributed by atoms with van der Waals surface area (Å²) in [4.78, 5) is 2.45. The van der Waals surface area contributed by atoms with Crippen LogP contribution in [-0.4, -0.2) is 37.2 Å². The largest absolute Gasteiger partial charge is 0.468 e. The van der Waals surface area contributed by atoms with Gasteiger partial charge in [0.2, 0.25) is 0 Å². The van der Waals surface area contributed by atoms with Gasteiger partial charge in [0.1, 0.15) is 5.76 Å². The lowest BCUT2D eigenvalue weighted by Gasteiger charge is -2.32. The second-order valence-electron chi connectivity index (χ2n) is 6.35. The monoisotopic (exact) mass is 294 g/mol. The van der Waals surface area contributed by atoms with Crippen molar-refractivity contribution in [3.8, 4) is 0 Å². The molecule has 1 aliphatic rings. The summed E-state index contributed by atoms with van der Waals surface area (Å²) >= 11 is 0. The average molecular weight is 294 g/mol. The Kier molecular flexibility index (Phi) is 6.74. The average Bonchev–Trinajstić information content (AvgIpc) is 2.87. The minimum Gasteiger partial charge on any atom is -0.468 e. The first-order valence-electron chi connectivity index (χ1n) is 8.29. The smallest absolute Gasteiger partial charge is 0.122 e. The van der Waals surface area contributed by atoms with E-state index >= 15 is 0 Å². The SMILES string of the molecule is CCOC1CCCN(Cc2occc2CNCC(C)C)C1. The summed E-state index contributed by atoms with van der Waals surface area (Å²) in [6, 6.07) is 2.09. The molecule has 1 aliphatic heterocycles. The maximum atomic E-state index is 5.77. The zero-order valence-corrected chi connectivity index (χ0v) is 13.7. The number of piperidine rings is 1. The molecule has 1 N–H and O–H groups in total. The summed E-state index contributed by atoms with van der Waals surface area (Å²) < 4.78 is 11.5. The first-order chi connectivity index (χ1) is 10.2. The van der Waals surface area contributed by atoms with Crippen LogP contribution >= 0.6 is 0 Å². The topological polar surface area (TPSA) is 37.6 Å². The molecule has 1 unspecified atom stereocenters. The molecule has 0 aromatic carbocycles. The first kappa shape index (κ1) is 16.5. The van der Waals surface area contributed by atoms with E-state index in [9.17, 15) is 0 Å². The van der Waals surface area contributed by atoms with Crippen molar-refractivity contribution in [3.05, 3.63) is 23.7 Å². The number of rotatable bonds is 8. The second kappa shape index (κ2) is 8.57. The molecule has 1 aromatic rings. The molecule has 0 bridgehead atoms. The molecule has 4 nitrogen and oxygen atoms in total. The highest BCUT2D eigenvalue weighted by Crippen LogP contribution is 2.19. The standard InChI is InChI=1S/C17H30N2O2/c1-4-20-16-6-5-8-19(12-16)13-17-15(7-9-21-17)11-18-10-14(2)3/h7,9,14,16,18H,4-6,8,10-13H2,1-3H3. The molecule has 21 heavy (non-hydrogen) atoms. The van der Waals surface area contributed by atoms with Gasteiger partial charge in [-0.1, -0.05) is 13.8 Å². The Balaban J connectivity index is 1.83. The van der Waals surface area contributed by atoms with Crippen molar-refractivity contribution in [2.75, 3.05) is 26.2 Å². The van der Waals surface area contributed by atoms with E-state index < -0.39 is 0 Å². The Morgan fingerprint density at radius 2 is 2.33 bits per heavy atom. The fourth-order valence-electron chi connectivity index (χ4n) is 2.89. The van der Waals surface area contributed by atoms with Crippen LogP contribution in [0.5, 0.6) is 0 Å². The Bertz CT molecular complexity index is 401. The molecule has 1 saturated heterocycles. The van der Waals surface area contributed by atoms with Crippen LogP contribution in [0.25, 0.3) is 0 Å². The minimum absolute atomic E-state index is 0.390. The molecule has 1 aromatic heterocycles. The summed E-state index contributed by atoms with van der Waals surface area (Å²) in [5.74, 6) is 1.78. The van der Waals surface area contributed by atoms with Crippen molar-refractivity contribution in [1.82, 2.24) is 10.2 Å². The summed E-state index contributed by atoms with van der Waals surface area (Å²) in [7, 11) is 0. The van der Waals surface area contributed by atoms with Crippen LogP contribution in [0.4, 0.5) is 0 Å². The zero-order valence-electron chi connectivity index (χ0n) is 13.7. The summed E-state index contributed by atoms with van der Waals surface area (Å²) in [6.07, 6.45) is 4.60. The van der Waals surface area contributed by atoms with Gasteiger partial charge in [0.05, 0.1) is 18.9 Å². The van der Waals surface area contributed by atoms with Gasteiger partial charge >= 0.3 is 0 Å². The Hall–Kier alpha value is -0.840. The van der Waals surface area contributed by atoms with E-state index in [1.54, 1.807) is 0 Å². The molecular weight excluding hydrogens is 264 g/mol. The molecule has 0 saturated carbocycles. The summed E-state index contributed by atoms with van der Waals surface area (Å²) in [5.41, 5.74) is 1.29. The van der Waals surface area contributed by atoms with Crippen molar-refractivity contribution in [3.63, 3.8) is 0 Å². The first-order valence-corrected chi connectivity index (χ1v) is 8.29. The van der Waals surface area contributed by atoms with Gasteiger partial charge in [-0.2, -0.15) is 0 Å². The van der Waals surface area contributed by atoms with Gasteiger partial charge in [0.25, 0.3) is 0 Å². The van der Waals surface area contributed by atoms with E-state index in [1.807, 2.05) is 6.26 Å². The third kappa shape index (κ3) is 5.46. The predicted octanol–water partition coefficient (Wildman–Crippen LogP) is 3.03. The number of furan rings is 1. The molecule has 2 heterocycles. The molecule has 4 heteroatoms. The molecule has 0 spiro atoms. The van der Waals surface area contributed by atoms with Crippen molar-refractivity contribution >= 4 is 0 Å². The van der Waals surface area contributed by atoms with Crippen LogP contribution in [0.2, 0.25) is 0 Å². The van der Waals surface area contributed by atoms with Gasteiger partial charge in [-0.25, -0.2) is 0 Å². The van der Waals surface area contributed by atoms with Crippen LogP contribution in [0.15, 0.2) is 16.7 Å². The van der Waals surface area contributed by atoms with Gasteiger partial charge in [0, 0.05) is 25.3 Å². The lowest BCUT2D eigenvalue weighted by Crippen LogP contribution is -2.39. The number of hydrogen-bond donors (Lipinski definition) is 1. The van der Waals surface area contributed by atoms with Crippen LogP contribution < -0.4 is 5.32 Å². The lowest BCUT2D eigenvalue weighted by atomic mass is 10.1. The molecule has 120 valence electrons. The maximum Gasteiger partial charge on any atom is 0.122 e. The van der Waals surface area contributed by atoms with Crippen LogP contribution in [-0.2, 0) is 17.8 Å². The van der Waals surface area contributed by atoms with Crippen LogP contribution in [0, 0.1) is 5.92 Å². The number of ether oxygens (including phenoxy) is 1. The van der Waals surface area contributed by atoms with Crippen molar-refractivity contribution in [1.29, 1.82) is 0 Å². The van der Waals surface area contributed by atoms with Crippen molar-refractivity contribution in [2.45, 2.75) is 52.8 Å². The molecule has 2 rings (SSSR count). The minimum atomic E-state index is 0.390. The third-order valence-corrected chi connectivity index (χ3v) is 3.94. The Morgan fingerprint density at radius 1 is 1.48 bits per heavy atom. The van der Waals surface area contributed by atoms with E-state index in [4.69, 9.17) is 9.15 Å². The highest BCUT2D eigenvalue weighted by atomic mass is 16.5. The predicted molar refractivity (Wildman–Crippen MR) is 85.2 cm³/mol. The van der Waals surface area contributed by atoms with E-state index in [1.165, 1.54) is 18.4 Å². The molecule has 1 atom stereocenters. The Labute approximate surface area is 128 Å². The number of nitrogens with one attached hydrogen (secondary N) is 1. The fraction of sp³-hybridized carbons (Fsp3) is 0.765. The number of likely N-dealkylation sites (tertiary alicyclic amines) is 1. The van der Waals surface area contributed by atoms with E-state index in [-0.39, 0.29) is 0 Å². The van der Waals surface area contributed by atoms with E-state index in [0.717, 1.165) is 45.1 Å². The van der Waals surface area contributed by atoms with Gasteiger partial charge in [-0.05, 0) is 44.8 Å². The number of hydrogen-bond acceptors (Lipinski definition) is 4. The van der Waals surface area contributed by atoms with Gasteiger partial charge in [0.15, 0.2) is 0 Å². The van der Waals surface area contributed by atoms with E-state index in [2.05, 4.69) is 37.1 Å². The highest BCUT2D eigenvalue weighted by Gasteiger charge is 2.21. The van der Waals surface area contributed by atoms with Gasteiger partial charge in [-0.3, -0.25) is 4.90 Å². The zero-order chi connectivity index (χ0) is 15.1. The maximum absolute atomic E-state index is 5.77. The van der Waals surface area contributed by atoms with Gasteiger partial charge in [-0.15, -0.1) is 0 Å². The van der Waals surface area contributed by atoms with Crippen molar-refractivity contribution in [2.24, 2.45) is 5.92 Å². The molecule has 0 radical (unpaired) electrons. The molecule has 1 fully saturated rings. The fourth-order valence-corrected chi connectivity index (χ4v) is 2.89. The summed E-state index contributed by atoms with van der Waals surface area (Å²) in [6.45, 7) is 12.3. The lowest BCUT2D eigenvalue weighted by molar-refractivity contribution is 0.00191.